The highest BCUT2D eigenvalue weighted by Gasteiger charge is 2.36. The van der Waals surface area contributed by atoms with E-state index in [-0.39, 0.29) is 6.54 Å². The summed E-state index contributed by atoms with van der Waals surface area (Å²) in [5, 5.41) is 0. The lowest BCUT2D eigenvalue weighted by Gasteiger charge is -2.19. The Balaban J connectivity index is 2.38. The van der Waals surface area contributed by atoms with Crippen molar-refractivity contribution in [3.63, 3.8) is 0 Å². The molecule has 0 amide bonds. The lowest BCUT2D eigenvalue weighted by molar-refractivity contribution is -0.140. The molecule has 3 nitrogen and oxygen atoms in total. The normalized spacial score (nSPS) is 12.6. The van der Waals surface area contributed by atoms with Gasteiger partial charge < -0.3 is 0 Å². The van der Waals surface area contributed by atoms with E-state index in [0.29, 0.717) is 12.1 Å². The minimum atomic E-state index is -4.97. The molecule has 2 aromatic carbocycles. The van der Waals surface area contributed by atoms with Crippen molar-refractivity contribution in [1.82, 2.24) is 4.31 Å². The number of nitrogens with zero attached hydrogens (tertiary/aromatic N) is 1. The van der Waals surface area contributed by atoms with Crippen molar-refractivity contribution in [3.8, 4) is 0 Å². The van der Waals surface area contributed by atoms with Crippen LogP contribution < -0.4 is 0 Å². The van der Waals surface area contributed by atoms with Gasteiger partial charge in [0.25, 0.3) is 0 Å². The van der Waals surface area contributed by atoms with Crippen LogP contribution in [-0.2, 0) is 22.7 Å². The molecule has 130 valence electrons. The Kier molecular flexibility index (Phi) is 5.00. The molecule has 0 aliphatic rings. The van der Waals surface area contributed by atoms with Crippen LogP contribution in [0.3, 0.4) is 0 Å². The molecule has 0 bridgehead atoms. The summed E-state index contributed by atoms with van der Waals surface area (Å²) in [6.07, 6.45) is -4.97. The minimum absolute atomic E-state index is 0.00622. The lowest BCUT2D eigenvalue weighted by Crippen LogP contribution is -2.27. The predicted molar refractivity (Wildman–Crippen MR) is 81.2 cm³/mol. The van der Waals surface area contributed by atoms with Crippen molar-refractivity contribution in [1.29, 1.82) is 0 Å². The summed E-state index contributed by atoms with van der Waals surface area (Å²) in [7, 11) is -2.92. The molecule has 0 heterocycles. The van der Waals surface area contributed by atoms with E-state index in [4.69, 9.17) is 0 Å². The van der Waals surface area contributed by atoms with Crippen LogP contribution in [0.5, 0.6) is 0 Å². The number of hydrogen-bond acceptors (Lipinski definition) is 2. The van der Waals surface area contributed by atoms with Gasteiger partial charge in [0.1, 0.15) is 5.82 Å². The molecular weight excluding hydrogens is 346 g/mol. The maximum Gasteiger partial charge on any atom is 0.419 e. The van der Waals surface area contributed by atoms with Crippen LogP contribution in [0.2, 0.25) is 0 Å². The van der Waals surface area contributed by atoms with Gasteiger partial charge in [-0.1, -0.05) is 24.3 Å². The van der Waals surface area contributed by atoms with E-state index >= 15 is 0 Å². The summed E-state index contributed by atoms with van der Waals surface area (Å²) in [6.45, 7) is 1.79. The standard InChI is InChI=1S/C16H15F4NO2S/c1-11-5-3-4-6-12(11)10-21(2)24(22,23)13-7-8-15(17)14(9-13)16(18,19)20/h3-9H,10H2,1-2H3. The first kappa shape index (κ1) is 18.4. The molecule has 0 aliphatic carbocycles. The molecule has 0 saturated heterocycles. The van der Waals surface area contributed by atoms with E-state index in [1.807, 2.05) is 0 Å². The molecule has 0 unspecified atom stereocenters. The number of hydrogen-bond donors (Lipinski definition) is 0. The molecule has 0 aliphatic heterocycles. The third-order valence-electron chi connectivity index (χ3n) is 3.61. The van der Waals surface area contributed by atoms with E-state index in [1.54, 1.807) is 31.2 Å². The molecule has 0 N–H and O–H groups in total. The highest BCUT2D eigenvalue weighted by molar-refractivity contribution is 7.89. The van der Waals surface area contributed by atoms with Crippen LogP contribution in [-0.4, -0.2) is 19.8 Å². The Labute approximate surface area is 137 Å². The molecule has 0 atom stereocenters. The molecule has 0 aromatic heterocycles. The Hall–Kier alpha value is -1.93. The fourth-order valence-corrected chi connectivity index (χ4v) is 3.35. The first-order valence-corrected chi connectivity index (χ1v) is 8.35. The first-order valence-electron chi connectivity index (χ1n) is 6.91. The van der Waals surface area contributed by atoms with Crippen LogP contribution in [0.15, 0.2) is 47.4 Å². The number of sulfonamides is 1. The minimum Gasteiger partial charge on any atom is -0.207 e. The molecule has 0 radical (unpaired) electrons. The summed E-state index contributed by atoms with van der Waals surface area (Å²) in [5.74, 6) is -1.51. The largest absolute Gasteiger partial charge is 0.419 e. The molecule has 2 rings (SSSR count). The van der Waals surface area contributed by atoms with Crippen LogP contribution in [0.1, 0.15) is 16.7 Å². The van der Waals surface area contributed by atoms with Gasteiger partial charge in [-0.15, -0.1) is 0 Å². The Bertz CT molecular complexity index is 847. The fraction of sp³-hybridized carbons (Fsp3) is 0.250. The van der Waals surface area contributed by atoms with Gasteiger partial charge in [-0.2, -0.15) is 17.5 Å². The molecule has 0 fully saturated rings. The average Bonchev–Trinajstić information content (AvgIpc) is 2.48. The summed E-state index contributed by atoms with van der Waals surface area (Å²) < 4.78 is 77.5. The van der Waals surface area contributed by atoms with Gasteiger partial charge >= 0.3 is 6.18 Å². The molecular formula is C16H15F4NO2S. The molecule has 2 aromatic rings. The maximum atomic E-state index is 13.3. The van der Waals surface area contributed by atoms with Crippen LogP contribution >= 0.6 is 0 Å². The molecule has 8 heteroatoms. The number of alkyl halides is 3. The van der Waals surface area contributed by atoms with E-state index in [2.05, 4.69) is 0 Å². The smallest absolute Gasteiger partial charge is 0.207 e. The van der Waals surface area contributed by atoms with Gasteiger partial charge in [0, 0.05) is 13.6 Å². The number of halogens is 4. The third kappa shape index (κ3) is 3.76. The van der Waals surface area contributed by atoms with Crippen molar-refractivity contribution in [3.05, 3.63) is 65.0 Å². The highest BCUT2D eigenvalue weighted by atomic mass is 32.2. The summed E-state index contributed by atoms with van der Waals surface area (Å²) in [6, 6.07) is 8.72. The zero-order valence-corrected chi connectivity index (χ0v) is 13.7. The molecule has 0 spiro atoms. The van der Waals surface area contributed by atoms with E-state index < -0.39 is 32.5 Å². The second-order valence-electron chi connectivity index (χ2n) is 5.33. The van der Waals surface area contributed by atoms with Crippen molar-refractivity contribution < 1.29 is 26.0 Å². The SMILES string of the molecule is Cc1ccccc1CN(C)S(=O)(=O)c1ccc(F)c(C(F)(F)F)c1. The molecule has 24 heavy (non-hydrogen) atoms. The third-order valence-corrected chi connectivity index (χ3v) is 5.41. The van der Waals surface area contributed by atoms with Gasteiger partial charge in [-0.3, -0.25) is 0 Å². The number of rotatable bonds is 4. The highest BCUT2D eigenvalue weighted by Crippen LogP contribution is 2.33. The first-order chi connectivity index (χ1) is 11.0. The van der Waals surface area contributed by atoms with Gasteiger partial charge in [0.15, 0.2) is 0 Å². The van der Waals surface area contributed by atoms with Crippen molar-refractivity contribution in [2.24, 2.45) is 0 Å². The van der Waals surface area contributed by atoms with Gasteiger partial charge in [0.2, 0.25) is 10.0 Å². The Morgan fingerprint density at radius 2 is 1.71 bits per heavy atom. The maximum absolute atomic E-state index is 13.3. The lowest BCUT2D eigenvalue weighted by atomic mass is 10.1. The van der Waals surface area contributed by atoms with E-state index in [1.165, 1.54) is 7.05 Å². The quantitative estimate of drug-likeness (QED) is 0.773. The zero-order chi connectivity index (χ0) is 18.1. The fourth-order valence-electron chi connectivity index (χ4n) is 2.17. The van der Waals surface area contributed by atoms with Crippen molar-refractivity contribution >= 4 is 10.0 Å². The summed E-state index contributed by atoms with van der Waals surface area (Å²) in [4.78, 5) is -0.604. The Morgan fingerprint density at radius 3 is 2.29 bits per heavy atom. The second kappa shape index (κ2) is 6.52. The number of benzene rings is 2. The van der Waals surface area contributed by atoms with Crippen molar-refractivity contribution in [2.45, 2.75) is 24.5 Å². The summed E-state index contributed by atoms with van der Waals surface area (Å²) >= 11 is 0. The van der Waals surface area contributed by atoms with Crippen molar-refractivity contribution in [2.75, 3.05) is 7.05 Å². The predicted octanol–water partition coefficient (Wildman–Crippen LogP) is 3.97. The summed E-state index contributed by atoms with van der Waals surface area (Å²) in [5.41, 5.74) is -0.0239. The van der Waals surface area contributed by atoms with E-state index in [0.717, 1.165) is 21.5 Å². The van der Waals surface area contributed by atoms with E-state index in [9.17, 15) is 26.0 Å². The van der Waals surface area contributed by atoms with Crippen LogP contribution in [0.25, 0.3) is 0 Å². The van der Waals surface area contributed by atoms with Crippen LogP contribution in [0.4, 0.5) is 17.6 Å². The average molecular weight is 361 g/mol. The van der Waals surface area contributed by atoms with Gasteiger partial charge in [0.05, 0.1) is 10.5 Å². The van der Waals surface area contributed by atoms with Gasteiger partial charge in [-0.25, -0.2) is 12.8 Å². The topological polar surface area (TPSA) is 37.4 Å². The zero-order valence-electron chi connectivity index (χ0n) is 12.9. The second-order valence-corrected chi connectivity index (χ2v) is 7.37. The molecule has 0 saturated carbocycles. The Morgan fingerprint density at radius 1 is 1.08 bits per heavy atom. The van der Waals surface area contributed by atoms with Gasteiger partial charge in [-0.05, 0) is 36.2 Å². The number of aryl methyl sites for hydroxylation is 1. The monoisotopic (exact) mass is 361 g/mol. The van der Waals surface area contributed by atoms with Crippen LogP contribution in [0, 0.1) is 12.7 Å².